The quantitative estimate of drug-likeness (QED) is 0.821. The molecule has 4 nitrogen and oxygen atoms in total. The second kappa shape index (κ2) is 7.81. The van der Waals surface area contributed by atoms with Crippen LogP contribution in [0.1, 0.15) is 43.1 Å². The number of hydrogen-bond acceptors (Lipinski definition) is 1. The highest BCUT2D eigenvalue weighted by Gasteiger charge is 2.33. The van der Waals surface area contributed by atoms with E-state index in [0.717, 1.165) is 24.9 Å². The van der Waals surface area contributed by atoms with Gasteiger partial charge in [0.1, 0.15) is 6.04 Å². The van der Waals surface area contributed by atoms with Crippen molar-refractivity contribution in [1.29, 1.82) is 0 Å². The van der Waals surface area contributed by atoms with Gasteiger partial charge >= 0.3 is 0 Å². The monoisotopic (exact) mass is 380 g/mol. The average molecular weight is 381 g/mol. The molecule has 2 aromatic rings. The molecule has 6 heteroatoms. The molecule has 1 aliphatic heterocycles. The number of amides is 1. The van der Waals surface area contributed by atoms with Gasteiger partial charge in [-0.3, -0.25) is 4.79 Å². The van der Waals surface area contributed by atoms with Crippen LogP contribution < -0.4 is 10.2 Å². The normalized spacial score (nSPS) is 21.3. The molecule has 0 aliphatic carbocycles. The molecular weight excluding hydrogens is 357 g/mol. The fraction of sp³-hybridized carbons (Fsp3) is 0.421. The van der Waals surface area contributed by atoms with Gasteiger partial charge in [0.05, 0.1) is 18.3 Å². The number of aromatic nitrogens is 1. The summed E-state index contributed by atoms with van der Waals surface area (Å²) in [5, 5.41) is 4.25. The van der Waals surface area contributed by atoms with Gasteiger partial charge in [0.15, 0.2) is 6.54 Å². The number of nitrogens with zero attached hydrogens (tertiary/aromatic N) is 1. The molecule has 2 N–H and O–H groups in total. The zero-order chi connectivity index (χ0) is 18.0. The van der Waals surface area contributed by atoms with Crippen LogP contribution in [0.25, 0.3) is 0 Å². The van der Waals surface area contributed by atoms with E-state index in [2.05, 4.69) is 35.3 Å². The largest absolute Gasteiger partial charge is 0.350 e. The minimum absolute atomic E-state index is 0.0506. The number of nitrogens with one attached hydrogen (secondary N) is 2. The zero-order valence-electron chi connectivity index (χ0n) is 14.6. The number of rotatable bonds is 5. The second-order valence-corrected chi connectivity index (χ2v) is 7.62. The maximum absolute atomic E-state index is 12.6. The minimum Gasteiger partial charge on any atom is -0.350 e. The smallest absolute Gasteiger partial charge is 0.275 e. The summed E-state index contributed by atoms with van der Waals surface area (Å²) in [4.78, 5) is 13.9. The van der Waals surface area contributed by atoms with Gasteiger partial charge in [-0.25, -0.2) is 0 Å². The van der Waals surface area contributed by atoms with Gasteiger partial charge in [0.25, 0.3) is 5.91 Å². The van der Waals surface area contributed by atoms with Crippen LogP contribution in [0, 0.1) is 0 Å². The van der Waals surface area contributed by atoms with Crippen molar-refractivity contribution in [3.05, 3.63) is 57.8 Å². The fourth-order valence-corrected chi connectivity index (χ4v) is 4.32. The van der Waals surface area contributed by atoms with E-state index in [9.17, 15) is 4.79 Å². The molecule has 0 saturated carbocycles. The molecule has 3 atom stereocenters. The number of carbonyl (C=O) groups is 1. The van der Waals surface area contributed by atoms with Crippen LogP contribution >= 0.6 is 23.2 Å². The first-order chi connectivity index (χ1) is 12.0. The highest BCUT2D eigenvalue weighted by atomic mass is 35.5. The number of benzene rings is 1. The third-order valence-corrected chi connectivity index (χ3v) is 5.58. The van der Waals surface area contributed by atoms with Gasteiger partial charge in [-0.2, -0.15) is 0 Å². The molecule has 0 radical (unpaired) electrons. The van der Waals surface area contributed by atoms with E-state index < -0.39 is 0 Å². The van der Waals surface area contributed by atoms with E-state index in [4.69, 9.17) is 23.2 Å². The Morgan fingerprint density at radius 1 is 1.40 bits per heavy atom. The molecule has 25 heavy (non-hydrogen) atoms. The molecule has 134 valence electrons. The molecule has 1 aromatic heterocycles. The van der Waals surface area contributed by atoms with Gasteiger partial charge in [-0.05, 0) is 36.8 Å². The Morgan fingerprint density at radius 3 is 2.88 bits per heavy atom. The number of quaternary nitrogens is 1. The van der Waals surface area contributed by atoms with Crippen LogP contribution in [0.15, 0.2) is 36.5 Å². The number of hydrogen-bond donors (Lipinski definition) is 2. The standard InChI is InChI=1S/C19H23Cl2N3O/c1-13(15-8-7-14(20)11-16(15)21)22-19(25)12-24-10-4-6-18(24)17-5-3-9-23(17)2/h3,5,7-9,11,13,18H,4,6,10,12H2,1-2H3,(H,22,25)/p+1/t13-,18-/m1/s1. The van der Waals surface area contributed by atoms with Gasteiger partial charge in [0.2, 0.25) is 0 Å². The molecule has 1 unspecified atom stereocenters. The second-order valence-electron chi connectivity index (χ2n) is 6.78. The molecule has 2 heterocycles. The Balaban J connectivity index is 1.63. The third-order valence-electron chi connectivity index (χ3n) is 5.02. The Bertz CT molecular complexity index is 759. The van der Waals surface area contributed by atoms with Crippen LogP contribution in [0.5, 0.6) is 0 Å². The van der Waals surface area contributed by atoms with Crippen molar-refractivity contribution >= 4 is 29.1 Å². The third kappa shape index (κ3) is 4.20. The summed E-state index contributed by atoms with van der Waals surface area (Å²) in [5.41, 5.74) is 2.18. The predicted molar refractivity (Wildman–Crippen MR) is 101 cm³/mol. The molecule has 1 amide bonds. The molecule has 0 bridgehead atoms. The van der Waals surface area contributed by atoms with Gasteiger partial charge in [0, 0.05) is 36.1 Å². The lowest BCUT2D eigenvalue weighted by atomic mass is 10.1. The summed E-state index contributed by atoms with van der Waals surface area (Å²) in [5.74, 6) is 0.0506. The number of halogens is 2. The fourth-order valence-electron chi connectivity index (χ4n) is 3.75. The van der Waals surface area contributed by atoms with E-state index >= 15 is 0 Å². The van der Waals surface area contributed by atoms with Crippen molar-refractivity contribution in [3.63, 3.8) is 0 Å². The van der Waals surface area contributed by atoms with E-state index in [0.29, 0.717) is 22.6 Å². The highest BCUT2D eigenvalue weighted by molar-refractivity contribution is 6.35. The molecule has 3 rings (SSSR count). The van der Waals surface area contributed by atoms with Crippen molar-refractivity contribution < 1.29 is 9.69 Å². The number of likely N-dealkylation sites (tertiary alicyclic amines) is 1. The van der Waals surface area contributed by atoms with E-state index in [1.165, 1.54) is 10.6 Å². The maximum atomic E-state index is 12.6. The number of aryl methyl sites for hydroxylation is 1. The van der Waals surface area contributed by atoms with Crippen molar-refractivity contribution in [1.82, 2.24) is 9.88 Å². The SMILES string of the molecule is C[C@@H](NC(=O)C[NH+]1CCC[C@@H]1c1cccn1C)c1ccc(Cl)cc1Cl. The Hall–Kier alpha value is -1.49. The van der Waals surface area contributed by atoms with Gasteiger partial charge in [-0.15, -0.1) is 0 Å². The summed E-state index contributed by atoms with van der Waals surface area (Å²) in [6, 6.07) is 9.83. The van der Waals surface area contributed by atoms with Crippen LogP contribution in [-0.2, 0) is 11.8 Å². The lowest BCUT2D eigenvalue weighted by molar-refractivity contribution is -0.911. The Labute approximate surface area is 158 Å². The van der Waals surface area contributed by atoms with Crippen molar-refractivity contribution in [2.45, 2.75) is 31.8 Å². The zero-order valence-corrected chi connectivity index (χ0v) is 16.1. The summed E-state index contributed by atoms with van der Waals surface area (Å²) in [6.45, 7) is 3.45. The number of carbonyl (C=O) groups excluding carboxylic acids is 1. The summed E-state index contributed by atoms with van der Waals surface area (Å²) in [7, 11) is 2.07. The Kier molecular flexibility index (Phi) is 5.72. The summed E-state index contributed by atoms with van der Waals surface area (Å²) >= 11 is 12.2. The first kappa shape index (κ1) is 18.3. The molecule has 1 aromatic carbocycles. The van der Waals surface area contributed by atoms with Crippen molar-refractivity contribution in [2.24, 2.45) is 7.05 Å². The lowest BCUT2D eigenvalue weighted by Crippen LogP contribution is -3.11. The van der Waals surface area contributed by atoms with Crippen molar-refractivity contribution in [2.75, 3.05) is 13.1 Å². The highest BCUT2D eigenvalue weighted by Crippen LogP contribution is 2.26. The van der Waals surface area contributed by atoms with Crippen LogP contribution in [-0.4, -0.2) is 23.6 Å². The molecule has 1 fully saturated rings. The Morgan fingerprint density at radius 2 is 2.20 bits per heavy atom. The van der Waals surface area contributed by atoms with E-state index in [1.807, 2.05) is 13.0 Å². The minimum atomic E-state index is -0.146. The molecular formula is C19H24Cl2N3O+. The van der Waals surface area contributed by atoms with Crippen molar-refractivity contribution in [3.8, 4) is 0 Å². The van der Waals surface area contributed by atoms with E-state index in [1.54, 1.807) is 12.1 Å². The topological polar surface area (TPSA) is 38.5 Å². The van der Waals surface area contributed by atoms with Crippen LogP contribution in [0.2, 0.25) is 10.0 Å². The first-order valence-corrected chi connectivity index (χ1v) is 9.41. The molecule has 1 saturated heterocycles. The van der Waals surface area contributed by atoms with Crippen LogP contribution in [0.4, 0.5) is 0 Å². The van der Waals surface area contributed by atoms with Crippen LogP contribution in [0.3, 0.4) is 0 Å². The maximum Gasteiger partial charge on any atom is 0.275 e. The lowest BCUT2D eigenvalue weighted by Gasteiger charge is -2.23. The molecule has 1 aliphatic rings. The van der Waals surface area contributed by atoms with Gasteiger partial charge < -0.3 is 14.8 Å². The first-order valence-electron chi connectivity index (χ1n) is 8.66. The van der Waals surface area contributed by atoms with E-state index in [-0.39, 0.29) is 11.9 Å². The average Bonchev–Trinajstić information content (AvgIpc) is 3.15. The predicted octanol–water partition coefficient (Wildman–Crippen LogP) is 2.93. The summed E-state index contributed by atoms with van der Waals surface area (Å²) < 4.78 is 2.16. The van der Waals surface area contributed by atoms with Gasteiger partial charge in [-0.1, -0.05) is 29.3 Å². The summed E-state index contributed by atoms with van der Waals surface area (Å²) in [6.07, 6.45) is 4.34. The molecule has 0 spiro atoms.